The molecule has 0 spiro atoms. The minimum absolute atomic E-state index is 0.0702. The van der Waals surface area contributed by atoms with Crippen LogP contribution in [0.5, 0.6) is 11.6 Å². The monoisotopic (exact) mass is 347 g/mol. The molecule has 0 N–H and O–H groups in total. The summed E-state index contributed by atoms with van der Waals surface area (Å²) in [5.74, 6) is 2.11. The first-order chi connectivity index (χ1) is 12.4. The van der Waals surface area contributed by atoms with Crippen molar-refractivity contribution in [2.75, 3.05) is 19.0 Å². The first-order valence-corrected chi connectivity index (χ1v) is 8.71. The number of ether oxygens (including phenoxy) is 1. The standard InChI is InChI=1S/C22H25N3O/c1-16-6-8-17(9-7-16)22(2,3)18-10-12-19(13-11-18)26-21-14-20(25(4)5)23-15-24-21/h6-15H,1-5H3. The van der Waals surface area contributed by atoms with Gasteiger partial charge in [-0.1, -0.05) is 55.8 Å². The van der Waals surface area contributed by atoms with Crippen molar-refractivity contribution in [3.8, 4) is 11.6 Å². The van der Waals surface area contributed by atoms with Crippen molar-refractivity contribution in [1.82, 2.24) is 9.97 Å². The molecule has 0 aliphatic carbocycles. The Morgan fingerprint density at radius 3 is 2.00 bits per heavy atom. The van der Waals surface area contributed by atoms with E-state index in [0.717, 1.165) is 11.6 Å². The van der Waals surface area contributed by atoms with Crippen molar-refractivity contribution in [2.45, 2.75) is 26.2 Å². The van der Waals surface area contributed by atoms with E-state index in [1.807, 2.05) is 37.2 Å². The zero-order chi connectivity index (χ0) is 18.7. The second kappa shape index (κ2) is 7.16. The Labute approximate surface area is 155 Å². The van der Waals surface area contributed by atoms with E-state index in [1.54, 1.807) is 0 Å². The number of aryl methyl sites for hydroxylation is 1. The normalized spacial score (nSPS) is 11.3. The molecule has 0 bridgehead atoms. The molecule has 1 heterocycles. The topological polar surface area (TPSA) is 38.2 Å². The van der Waals surface area contributed by atoms with Crippen LogP contribution in [0.1, 0.15) is 30.5 Å². The molecule has 0 radical (unpaired) electrons. The fourth-order valence-electron chi connectivity index (χ4n) is 2.83. The summed E-state index contributed by atoms with van der Waals surface area (Å²) < 4.78 is 5.88. The Morgan fingerprint density at radius 2 is 1.42 bits per heavy atom. The molecule has 0 aliphatic rings. The van der Waals surface area contributed by atoms with Crippen LogP contribution in [-0.4, -0.2) is 24.1 Å². The van der Waals surface area contributed by atoms with E-state index in [-0.39, 0.29) is 5.41 Å². The molecule has 0 atom stereocenters. The maximum absolute atomic E-state index is 5.88. The maximum Gasteiger partial charge on any atom is 0.224 e. The second-order valence-electron chi connectivity index (χ2n) is 7.23. The second-order valence-corrected chi connectivity index (χ2v) is 7.23. The van der Waals surface area contributed by atoms with Crippen LogP contribution in [0.25, 0.3) is 0 Å². The van der Waals surface area contributed by atoms with Gasteiger partial charge >= 0.3 is 0 Å². The van der Waals surface area contributed by atoms with E-state index >= 15 is 0 Å². The lowest BCUT2D eigenvalue weighted by atomic mass is 9.78. The predicted molar refractivity (Wildman–Crippen MR) is 106 cm³/mol. The van der Waals surface area contributed by atoms with Gasteiger partial charge in [-0.3, -0.25) is 0 Å². The van der Waals surface area contributed by atoms with Crippen molar-refractivity contribution < 1.29 is 4.74 Å². The van der Waals surface area contributed by atoms with Gasteiger partial charge in [0.1, 0.15) is 17.9 Å². The van der Waals surface area contributed by atoms with E-state index < -0.39 is 0 Å². The van der Waals surface area contributed by atoms with E-state index in [2.05, 4.69) is 67.1 Å². The number of anilines is 1. The van der Waals surface area contributed by atoms with Crippen molar-refractivity contribution in [3.05, 3.63) is 77.6 Å². The van der Waals surface area contributed by atoms with Gasteiger partial charge in [-0.25, -0.2) is 9.97 Å². The Balaban J connectivity index is 1.80. The van der Waals surface area contributed by atoms with Gasteiger partial charge in [-0.2, -0.15) is 0 Å². The first kappa shape index (κ1) is 17.9. The number of benzene rings is 2. The van der Waals surface area contributed by atoms with Crippen LogP contribution in [0.4, 0.5) is 5.82 Å². The zero-order valence-corrected chi connectivity index (χ0v) is 16.0. The van der Waals surface area contributed by atoms with Gasteiger partial charge in [0.2, 0.25) is 5.88 Å². The first-order valence-electron chi connectivity index (χ1n) is 8.71. The largest absolute Gasteiger partial charge is 0.439 e. The lowest BCUT2D eigenvalue weighted by Gasteiger charge is -2.26. The summed E-state index contributed by atoms with van der Waals surface area (Å²) in [6.45, 7) is 6.58. The highest BCUT2D eigenvalue weighted by Gasteiger charge is 2.22. The summed E-state index contributed by atoms with van der Waals surface area (Å²) in [6, 6.07) is 18.7. The van der Waals surface area contributed by atoms with Crippen LogP contribution < -0.4 is 9.64 Å². The molecule has 0 unspecified atom stereocenters. The average molecular weight is 347 g/mol. The highest BCUT2D eigenvalue weighted by molar-refractivity contribution is 5.43. The van der Waals surface area contributed by atoms with E-state index in [4.69, 9.17) is 4.74 Å². The molecule has 0 saturated heterocycles. The SMILES string of the molecule is Cc1ccc(C(C)(C)c2ccc(Oc3cc(N(C)C)ncn3)cc2)cc1. The molecule has 3 aromatic rings. The summed E-state index contributed by atoms with van der Waals surface area (Å²) >= 11 is 0. The molecule has 0 aliphatic heterocycles. The van der Waals surface area contributed by atoms with Crippen molar-refractivity contribution in [3.63, 3.8) is 0 Å². The number of hydrogen-bond donors (Lipinski definition) is 0. The van der Waals surface area contributed by atoms with Crippen LogP contribution in [0.2, 0.25) is 0 Å². The molecule has 4 heteroatoms. The van der Waals surface area contributed by atoms with Crippen LogP contribution in [-0.2, 0) is 5.41 Å². The van der Waals surface area contributed by atoms with Crippen molar-refractivity contribution in [2.24, 2.45) is 0 Å². The number of nitrogens with zero attached hydrogens (tertiary/aromatic N) is 3. The van der Waals surface area contributed by atoms with Crippen molar-refractivity contribution in [1.29, 1.82) is 0 Å². The average Bonchev–Trinajstić information content (AvgIpc) is 2.63. The highest BCUT2D eigenvalue weighted by atomic mass is 16.5. The maximum atomic E-state index is 5.88. The molecule has 1 aromatic heterocycles. The van der Waals surface area contributed by atoms with Gasteiger partial charge in [0.15, 0.2) is 0 Å². The molecular weight excluding hydrogens is 322 g/mol. The molecule has 0 amide bonds. The Bertz CT molecular complexity index is 869. The number of rotatable bonds is 5. The fraction of sp³-hybridized carbons (Fsp3) is 0.273. The minimum atomic E-state index is -0.0702. The molecule has 3 rings (SSSR count). The zero-order valence-electron chi connectivity index (χ0n) is 16.0. The molecule has 2 aromatic carbocycles. The number of hydrogen-bond acceptors (Lipinski definition) is 4. The van der Waals surface area contributed by atoms with Gasteiger partial charge < -0.3 is 9.64 Å². The summed E-state index contributed by atoms with van der Waals surface area (Å²) in [6.07, 6.45) is 1.51. The van der Waals surface area contributed by atoms with Crippen LogP contribution in [0.15, 0.2) is 60.9 Å². The van der Waals surface area contributed by atoms with Gasteiger partial charge in [-0.15, -0.1) is 0 Å². The fourth-order valence-corrected chi connectivity index (χ4v) is 2.83. The van der Waals surface area contributed by atoms with Gasteiger partial charge in [0.25, 0.3) is 0 Å². The van der Waals surface area contributed by atoms with Gasteiger partial charge in [0, 0.05) is 25.6 Å². The quantitative estimate of drug-likeness (QED) is 0.653. The Kier molecular flexibility index (Phi) is 4.94. The van der Waals surface area contributed by atoms with Crippen molar-refractivity contribution >= 4 is 5.82 Å². The Hall–Kier alpha value is -2.88. The molecule has 0 fully saturated rings. The lowest BCUT2D eigenvalue weighted by Crippen LogP contribution is -2.18. The third-order valence-electron chi connectivity index (χ3n) is 4.66. The number of aromatic nitrogens is 2. The summed E-state index contributed by atoms with van der Waals surface area (Å²) in [7, 11) is 3.88. The third kappa shape index (κ3) is 3.85. The van der Waals surface area contributed by atoms with Crippen LogP contribution >= 0.6 is 0 Å². The molecule has 26 heavy (non-hydrogen) atoms. The molecular formula is C22H25N3O. The smallest absolute Gasteiger partial charge is 0.224 e. The molecule has 0 saturated carbocycles. The predicted octanol–water partition coefficient (Wildman–Crippen LogP) is 4.97. The summed E-state index contributed by atoms with van der Waals surface area (Å²) in [4.78, 5) is 10.3. The van der Waals surface area contributed by atoms with E-state index in [9.17, 15) is 0 Å². The van der Waals surface area contributed by atoms with Crippen LogP contribution in [0.3, 0.4) is 0 Å². The van der Waals surface area contributed by atoms with Crippen LogP contribution in [0, 0.1) is 6.92 Å². The highest BCUT2D eigenvalue weighted by Crippen LogP contribution is 2.33. The van der Waals surface area contributed by atoms with Gasteiger partial charge in [-0.05, 0) is 30.2 Å². The Morgan fingerprint density at radius 1 is 0.846 bits per heavy atom. The minimum Gasteiger partial charge on any atom is -0.439 e. The van der Waals surface area contributed by atoms with E-state index in [1.165, 1.54) is 23.0 Å². The van der Waals surface area contributed by atoms with Gasteiger partial charge in [0.05, 0.1) is 0 Å². The third-order valence-corrected chi connectivity index (χ3v) is 4.66. The summed E-state index contributed by atoms with van der Waals surface area (Å²) in [5, 5.41) is 0. The van der Waals surface area contributed by atoms with E-state index in [0.29, 0.717) is 5.88 Å². The summed E-state index contributed by atoms with van der Waals surface area (Å²) in [5.41, 5.74) is 3.74. The lowest BCUT2D eigenvalue weighted by molar-refractivity contribution is 0.461. The molecule has 134 valence electrons. The molecule has 4 nitrogen and oxygen atoms in total.